The standard InChI is InChI=1S/C17H28N2OS/c1-19(15-7-3-2-4-8-15)13-6-12-18-17(20)11-10-16-9-5-14-21-16/h5,9,14-15H,2-4,6-8,10-13H2,1H3,(H,18,20). The minimum absolute atomic E-state index is 0.184. The van der Waals surface area contributed by atoms with Crippen molar-refractivity contribution >= 4 is 17.2 Å². The van der Waals surface area contributed by atoms with E-state index in [-0.39, 0.29) is 5.91 Å². The summed E-state index contributed by atoms with van der Waals surface area (Å²) in [6.07, 6.45) is 9.41. The molecular formula is C17H28N2OS. The molecule has 0 spiro atoms. The van der Waals surface area contributed by atoms with Crippen LogP contribution in [0.5, 0.6) is 0 Å². The molecular weight excluding hydrogens is 280 g/mol. The number of thiophene rings is 1. The van der Waals surface area contributed by atoms with Gasteiger partial charge in [0.05, 0.1) is 0 Å². The van der Waals surface area contributed by atoms with Crippen molar-refractivity contribution in [1.82, 2.24) is 10.2 Å². The van der Waals surface area contributed by atoms with Crippen molar-refractivity contribution in [3.63, 3.8) is 0 Å². The van der Waals surface area contributed by atoms with Crippen LogP contribution in [0.15, 0.2) is 17.5 Å². The third-order valence-corrected chi connectivity index (χ3v) is 5.32. The second-order valence-electron chi connectivity index (χ2n) is 6.06. The van der Waals surface area contributed by atoms with E-state index in [1.165, 1.54) is 37.0 Å². The molecule has 0 radical (unpaired) electrons. The first-order valence-electron chi connectivity index (χ1n) is 8.25. The molecule has 1 heterocycles. The maximum Gasteiger partial charge on any atom is 0.220 e. The van der Waals surface area contributed by atoms with Gasteiger partial charge in [0.1, 0.15) is 0 Å². The smallest absolute Gasteiger partial charge is 0.220 e. The Balaban J connectivity index is 1.51. The number of nitrogens with zero attached hydrogens (tertiary/aromatic N) is 1. The van der Waals surface area contributed by atoms with E-state index in [1.807, 2.05) is 6.07 Å². The Bertz CT molecular complexity index is 399. The van der Waals surface area contributed by atoms with Gasteiger partial charge in [-0.15, -0.1) is 11.3 Å². The van der Waals surface area contributed by atoms with Crippen LogP contribution in [0.25, 0.3) is 0 Å². The first-order chi connectivity index (χ1) is 10.3. The summed E-state index contributed by atoms with van der Waals surface area (Å²) in [6, 6.07) is 4.91. The van der Waals surface area contributed by atoms with Gasteiger partial charge in [-0.1, -0.05) is 25.3 Å². The predicted molar refractivity (Wildman–Crippen MR) is 89.8 cm³/mol. The van der Waals surface area contributed by atoms with Crippen molar-refractivity contribution in [1.29, 1.82) is 0 Å². The van der Waals surface area contributed by atoms with E-state index in [0.717, 1.165) is 32.0 Å². The maximum absolute atomic E-state index is 11.8. The van der Waals surface area contributed by atoms with Gasteiger partial charge in [-0.3, -0.25) is 4.79 Å². The third-order valence-electron chi connectivity index (χ3n) is 4.39. The lowest BCUT2D eigenvalue weighted by molar-refractivity contribution is -0.121. The van der Waals surface area contributed by atoms with Gasteiger partial charge in [0.25, 0.3) is 0 Å². The number of rotatable bonds is 8. The fourth-order valence-corrected chi connectivity index (χ4v) is 3.75. The summed E-state index contributed by atoms with van der Waals surface area (Å²) in [4.78, 5) is 15.5. The molecule has 1 saturated carbocycles. The molecule has 1 aromatic rings. The number of hydrogen-bond donors (Lipinski definition) is 1. The number of amides is 1. The molecule has 1 N–H and O–H groups in total. The molecule has 1 aromatic heterocycles. The van der Waals surface area contributed by atoms with E-state index in [9.17, 15) is 4.79 Å². The van der Waals surface area contributed by atoms with Crippen molar-refractivity contribution < 1.29 is 4.79 Å². The van der Waals surface area contributed by atoms with Crippen LogP contribution in [0.2, 0.25) is 0 Å². The van der Waals surface area contributed by atoms with Gasteiger partial charge in [-0.05, 0) is 50.7 Å². The van der Waals surface area contributed by atoms with E-state index >= 15 is 0 Å². The fourth-order valence-electron chi connectivity index (χ4n) is 3.04. The zero-order valence-electron chi connectivity index (χ0n) is 13.1. The van der Waals surface area contributed by atoms with Crippen LogP contribution in [0.4, 0.5) is 0 Å². The van der Waals surface area contributed by atoms with Crippen LogP contribution in [0.1, 0.15) is 49.8 Å². The summed E-state index contributed by atoms with van der Waals surface area (Å²) >= 11 is 1.73. The summed E-state index contributed by atoms with van der Waals surface area (Å²) in [5.74, 6) is 0.184. The van der Waals surface area contributed by atoms with Gasteiger partial charge in [0, 0.05) is 23.9 Å². The highest BCUT2D eigenvalue weighted by atomic mass is 32.1. The topological polar surface area (TPSA) is 32.3 Å². The van der Waals surface area contributed by atoms with Gasteiger partial charge in [-0.2, -0.15) is 0 Å². The Hall–Kier alpha value is -0.870. The van der Waals surface area contributed by atoms with Crippen LogP contribution in [0.3, 0.4) is 0 Å². The van der Waals surface area contributed by atoms with E-state index in [4.69, 9.17) is 0 Å². The molecule has 2 rings (SSSR count). The van der Waals surface area contributed by atoms with Crippen molar-refractivity contribution in [3.05, 3.63) is 22.4 Å². The molecule has 21 heavy (non-hydrogen) atoms. The molecule has 1 aliphatic rings. The summed E-state index contributed by atoms with van der Waals surface area (Å²) in [5.41, 5.74) is 0. The zero-order chi connectivity index (χ0) is 14.9. The van der Waals surface area contributed by atoms with Crippen LogP contribution >= 0.6 is 11.3 Å². The number of hydrogen-bond acceptors (Lipinski definition) is 3. The van der Waals surface area contributed by atoms with Gasteiger partial charge in [0.15, 0.2) is 0 Å². The molecule has 4 heteroatoms. The van der Waals surface area contributed by atoms with E-state index in [0.29, 0.717) is 6.42 Å². The van der Waals surface area contributed by atoms with E-state index in [1.54, 1.807) is 11.3 Å². The van der Waals surface area contributed by atoms with Gasteiger partial charge >= 0.3 is 0 Å². The summed E-state index contributed by atoms with van der Waals surface area (Å²) in [7, 11) is 2.23. The van der Waals surface area contributed by atoms with Gasteiger partial charge in [0.2, 0.25) is 5.91 Å². The highest BCUT2D eigenvalue weighted by Gasteiger charge is 2.17. The lowest BCUT2D eigenvalue weighted by Gasteiger charge is -2.31. The third kappa shape index (κ3) is 6.18. The second kappa shape index (κ2) is 9.21. The highest BCUT2D eigenvalue weighted by Crippen LogP contribution is 2.21. The summed E-state index contributed by atoms with van der Waals surface area (Å²) in [5, 5.41) is 5.11. The minimum atomic E-state index is 0.184. The molecule has 0 atom stereocenters. The number of nitrogens with one attached hydrogen (secondary N) is 1. The Kier molecular flexibility index (Phi) is 7.24. The van der Waals surface area contributed by atoms with Crippen molar-refractivity contribution in [2.24, 2.45) is 0 Å². The summed E-state index contributed by atoms with van der Waals surface area (Å²) in [6.45, 7) is 1.90. The minimum Gasteiger partial charge on any atom is -0.356 e. The first-order valence-corrected chi connectivity index (χ1v) is 9.13. The lowest BCUT2D eigenvalue weighted by atomic mass is 9.94. The van der Waals surface area contributed by atoms with Crippen LogP contribution in [-0.4, -0.2) is 37.0 Å². The number of carbonyl (C=O) groups excluding carboxylic acids is 1. The second-order valence-corrected chi connectivity index (χ2v) is 7.09. The molecule has 1 fully saturated rings. The van der Waals surface area contributed by atoms with Crippen molar-refractivity contribution in [2.45, 2.75) is 57.4 Å². The van der Waals surface area contributed by atoms with Gasteiger partial charge in [-0.25, -0.2) is 0 Å². The molecule has 0 aliphatic heterocycles. The van der Waals surface area contributed by atoms with Crippen molar-refractivity contribution in [2.75, 3.05) is 20.1 Å². The first kappa shape index (κ1) is 16.5. The molecule has 118 valence electrons. The van der Waals surface area contributed by atoms with Crippen molar-refractivity contribution in [3.8, 4) is 0 Å². The van der Waals surface area contributed by atoms with Gasteiger partial charge < -0.3 is 10.2 Å². The predicted octanol–water partition coefficient (Wildman–Crippen LogP) is 3.45. The van der Waals surface area contributed by atoms with E-state index in [2.05, 4.69) is 28.7 Å². The average molecular weight is 308 g/mol. The Morgan fingerprint density at radius 3 is 2.90 bits per heavy atom. The van der Waals surface area contributed by atoms with Crippen LogP contribution in [0, 0.1) is 0 Å². The van der Waals surface area contributed by atoms with E-state index < -0.39 is 0 Å². The van der Waals surface area contributed by atoms with Crippen LogP contribution < -0.4 is 5.32 Å². The monoisotopic (exact) mass is 308 g/mol. The molecule has 0 saturated heterocycles. The quantitative estimate of drug-likeness (QED) is 0.746. The zero-order valence-corrected chi connectivity index (χ0v) is 14.0. The molecule has 0 bridgehead atoms. The fraction of sp³-hybridized carbons (Fsp3) is 0.706. The highest BCUT2D eigenvalue weighted by molar-refractivity contribution is 7.09. The lowest BCUT2D eigenvalue weighted by Crippen LogP contribution is -2.35. The molecule has 3 nitrogen and oxygen atoms in total. The number of aryl methyl sites for hydroxylation is 1. The normalized spacial score (nSPS) is 16.3. The SMILES string of the molecule is CN(CCCNC(=O)CCc1cccs1)C1CCCCC1. The number of carbonyl (C=O) groups is 1. The largest absolute Gasteiger partial charge is 0.356 e. The Morgan fingerprint density at radius 2 is 2.19 bits per heavy atom. The molecule has 0 aromatic carbocycles. The Morgan fingerprint density at radius 1 is 1.38 bits per heavy atom. The molecule has 1 aliphatic carbocycles. The maximum atomic E-state index is 11.8. The average Bonchev–Trinajstić information content (AvgIpc) is 3.03. The molecule has 0 unspecified atom stereocenters. The summed E-state index contributed by atoms with van der Waals surface area (Å²) < 4.78 is 0. The van der Waals surface area contributed by atoms with Crippen LogP contribution in [-0.2, 0) is 11.2 Å². The Labute approximate surface area is 132 Å². The molecule has 1 amide bonds.